The van der Waals surface area contributed by atoms with Gasteiger partial charge in [0.05, 0.1) is 27.6 Å². The van der Waals surface area contributed by atoms with Gasteiger partial charge >= 0.3 is 17.1 Å². The van der Waals surface area contributed by atoms with Gasteiger partial charge in [0, 0.05) is 17.1 Å². The van der Waals surface area contributed by atoms with Crippen molar-refractivity contribution in [1.29, 1.82) is 0 Å². The van der Waals surface area contributed by atoms with E-state index < -0.39 is 15.6 Å². The zero-order valence-electron chi connectivity index (χ0n) is 17.7. The largest absolute Gasteiger partial charge is 2.00 e. The predicted molar refractivity (Wildman–Crippen MR) is 112 cm³/mol. The van der Waals surface area contributed by atoms with Gasteiger partial charge in [-0.15, -0.1) is 10.1 Å². The Hall–Kier alpha value is -3.63. The fourth-order valence-electron chi connectivity index (χ4n) is 2.86. The average Bonchev–Trinajstić information content (AvgIpc) is 2.66. The summed E-state index contributed by atoms with van der Waals surface area (Å²) in [5.74, 6) is 0. The van der Waals surface area contributed by atoms with Gasteiger partial charge in [-0.05, 0) is 64.1 Å². The molecule has 0 bridgehead atoms. The third-order valence-corrected chi connectivity index (χ3v) is 4.20. The fourth-order valence-corrected chi connectivity index (χ4v) is 2.86. The molecule has 3 heterocycles. The second-order valence-corrected chi connectivity index (χ2v) is 6.58. The summed E-state index contributed by atoms with van der Waals surface area (Å²) in [4.78, 5) is 30.9. The molecule has 0 spiro atoms. The first kappa shape index (κ1) is 28.4. The van der Waals surface area contributed by atoms with Crippen molar-refractivity contribution in [2.45, 2.75) is 33.1 Å². The maximum absolute atomic E-state index is 8.36. The van der Waals surface area contributed by atoms with E-state index in [2.05, 4.69) is 25.1 Å². The zero-order chi connectivity index (χ0) is 23.6. The van der Waals surface area contributed by atoms with Crippen LogP contribution in [0.5, 0.6) is 0 Å². The van der Waals surface area contributed by atoms with E-state index in [1.54, 1.807) is 0 Å². The smallest absolute Gasteiger partial charge is 0.356 e. The van der Waals surface area contributed by atoms with E-state index in [1.165, 1.54) is 0 Å². The van der Waals surface area contributed by atoms with Crippen molar-refractivity contribution in [1.82, 2.24) is 15.0 Å². The first-order chi connectivity index (χ1) is 14.5. The van der Waals surface area contributed by atoms with E-state index in [0.717, 1.165) is 34.2 Å². The van der Waals surface area contributed by atoms with Crippen molar-refractivity contribution >= 4 is 0 Å². The van der Waals surface area contributed by atoms with Crippen LogP contribution in [0.1, 0.15) is 41.1 Å². The molecule has 0 aliphatic carbocycles. The number of nitrogens with zero attached hydrogens (tertiary/aromatic N) is 5. The second kappa shape index (κ2) is 12.9. The van der Waals surface area contributed by atoms with Crippen LogP contribution < -0.4 is 0 Å². The van der Waals surface area contributed by atoms with Crippen LogP contribution in [0.3, 0.4) is 0 Å². The minimum atomic E-state index is -1.75. The Kier molecular flexibility index (Phi) is 11.5. The number of aromatic nitrogens is 3. The normalized spacial score (nSPS) is 9.75. The molecule has 0 aromatic carbocycles. The summed E-state index contributed by atoms with van der Waals surface area (Å²) in [5, 5.41) is 28.4. The Morgan fingerprint density at radius 1 is 0.719 bits per heavy atom. The van der Waals surface area contributed by atoms with Gasteiger partial charge in [-0.1, -0.05) is 18.2 Å². The van der Waals surface area contributed by atoms with Gasteiger partial charge in [-0.25, -0.2) is 0 Å². The van der Waals surface area contributed by atoms with Gasteiger partial charge < -0.3 is 20.5 Å². The summed E-state index contributed by atoms with van der Waals surface area (Å²) in [6.07, 6.45) is 0. The third-order valence-electron chi connectivity index (χ3n) is 4.20. The molecular weight excluding hydrogens is 470 g/mol. The number of rotatable bonds is 3. The van der Waals surface area contributed by atoms with Crippen molar-refractivity contribution in [3.63, 3.8) is 0 Å². The Morgan fingerprint density at radius 2 is 0.938 bits per heavy atom. The molecule has 173 valence electrons. The minimum absolute atomic E-state index is 0. The van der Waals surface area contributed by atoms with Gasteiger partial charge in [0.1, 0.15) is 0 Å². The molecule has 32 heavy (non-hydrogen) atoms. The number of hydrogen-bond donors (Lipinski definition) is 1. The van der Waals surface area contributed by atoms with Crippen LogP contribution in [0.4, 0.5) is 0 Å². The number of aryl methyl sites for hydroxylation is 3. The Balaban J connectivity index is 0.000000928. The first-order valence-corrected chi connectivity index (χ1v) is 8.94. The molecule has 0 amide bonds. The van der Waals surface area contributed by atoms with Gasteiger partial charge in [-0.3, -0.25) is 15.0 Å². The van der Waals surface area contributed by atoms with E-state index in [0.29, 0.717) is 0 Å². The van der Waals surface area contributed by atoms with E-state index in [4.69, 9.17) is 45.6 Å². The molecule has 11 nitrogen and oxygen atoms in total. The molecule has 0 unspecified atom stereocenters. The minimum Gasteiger partial charge on any atom is -0.356 e. The summed E-state index contributed by atoms with van der Waals surface area (Å²) in [7, 11) is 0. The number of pyridine rings is 3. The van der Waals surface area contributed by atoms with Crippen molar-refractivity contribution < 1.29 is 32.4 Å². The van der Waals surface area contributed by atoms with Crippen molar-refractivity contribution in [2.75, 3.05) is 0 Å². The molecule has 0 saturated carbocycles. The average molecular weight is 492 g/mol. The van der Waals surface area contributed by atoms with Crippen LogP contribution in [-0.4, -0.2) is 30.3 Å². The molecule has 3 aromatic rings. The summed E-state index contributed by atoms with van der Waals surface area (Å²) in [6.45, 7) is 8.18. The van der Waals surface area contributed by atoms with Gasteiger partial charge in [-0.2, -0.15) is 0 Å². The van der Waals surface area contributed by atoms with Gasteiger partial charge in [0.2, 0.25) is 0 Å². The van der Waals surface area contributed by atoms with Crippen LogP contribution in [0.15, 0.2) is 54.6 Å². The second-order valence-electron chi connectivity index (χ2n) is 6.58. The molecule has 0 aliphatic rings. The molecule has 1 radical (unpaired) electrons. The zero-order valence-corrected chi connectivity index (χ0v) is 18.7. The van der Waals surface area contributed by atoms with Crippen LogP contribution in [0.25, 0.3) is 0 Å². The van der Waals surface area contributed by atoms with Crippen molar-refractivity contribution in [2.24, 2.45) is 0 Å². The van der Waals surface area contributed by atoms with E-state index in [1.807, 2.05) is 57.2 Å². The summed E-state index contributed by atoms with van der Waals surface area (Å²) < 4.78 is 0. The summed E-state index contributed by atoms with van der Waals surface area (Å²) >= 11 is 0. The molecule has 0 aliphatic heterocycles. The maximum atomic E-state index is 8.36. The van der Waals surface area contributed by atoms with Crippen molar-refractivity contribution in [3.05, 3.63) is 114 Å². The van der Waals surface area contributed by atoms with E-state index in [9.17, 15) is 0 Å². The molecule has 0 saturated heterocycles. The van der Waals surface area contributed by atoms with Crippen LogP contribution >= 0.6 is 0 Å². The predicted octanol–water partition coefficient (Wildman–Crippen LogP) is 3.56. The van der Waals surface area contributed by atoms with E-state index in [-0.39, 0.29) is 17.1 Å². The third kappa shape index (κ3) is 8.62. The van der Waals surface area contributed by atoms with Crippen molar-refractivity contribution in [3.8, 4) is 0 Å². The van der Waals surface area contributed by atoms with Crippen LogP contribution in [0, 0.1) is 46.2 Å². The molecule has 0 fully saturated rings. The molecular formula is C20H22CuN5O6+. The van der Waals surface area contributed by atoms with Gasteiger partial charge in [0.15, 0.2) is 0 Å². The summed E-state index contributed by atoms with van der Waals surface area (Å²) in [6, 6.07) is 18.3. The first-order valence-electron chi connectivity index (χ1n) is 8.94. The van der Waals surface area contributed by atoms with Crippen LogP contribution in [0.2, 0.25) is 0 Å². The molecule has 0 atom stereocenters. The Labute approximate surface area is 194 Å². The Bertz CT molecular complexity index is 919. The standard InChI is InChI=1S/C20H21N3.Cu.HNO3.NO3/c1-14-8-5-11-17(21-14)20(4,18-12-6-9-15(2)22-18)19-13-7-10-16(3)23-19;;2*2-1(3)4/h5-13H,1-4H3;;(H,2,3,4);/q;+2;;-1. The van der Waals surface area contributed by atoms with Gasteiger partial charge in [0.25, 0.3) is 5.09 Å². The molecule has 1 N–H and O–H groups in total. The molecule has 3 aromatic heterocycles. The van der Waals surface area contributed by atoms with Crippen LogP contribution in [-0.2, 0) is 22.5 Å². The maximum Gasteiger partial charge on any atom is 2.00 e. The Morgan fingerprint density at radius 3 is 1.12 bits per heavy atom. The molecule has 12 heteroatoms. The topological polar surface area (TPSA) is 168 Å². The molecule has 3 rings (SSSR count). The SMILES string of the molecule is Cc1cccc(C(C)(c2cccc(C)n2)c2cccc(C)n2)n1.O=[N+]([O-])O.O=[N+]([O-])[O-].[Cu+2]. The quantitative estimate of drug-likeness (QED) is 0.327. The summed E-state index contributed by atoms with van der Waals surface area (Å²) in [5.41, 5.74) is 5.40. The van der Waals surface area contributed by atoms with E-state index >= 15 is 0 Å². The number of hydrogen-bond acceptors (Lipinski definition) is 8. The fraction of sp³-hybridized carbons (Fsp3) is 0.250. The monoisotopic (exact) mass is 491 g/mol.